The minimum Gasteiger partial charge on any atom is -0.337 e. The molecule has 2 aromatic rings. The first-order valence-corrected chi connectivity index (χ1v) is 10.1. The third-order valence-electron chi connectivity index (χ3n) is 4.57. The molecule has 1 fully saturated rings. The van der Waals surface area contributed by atoms with E-state index in [0.717, 1.165) is 48.8 Å². The molecule has 3 rings (SSSR count). The van der Waals surface area contributed by atoms with Gasteiger partial charge in [-0.25, -0.2) is 0 Å². The molecule has 1 heterocycles. The molecule has 0 saturated carbocycles. The lowest BCUT2D eigenvalue weighted by Crippen LogP contribution is -2.39. The molecule has 1 aliphatic rings. The second-order valence-corrected chi connectivity index (χ2v) is 7.56. The van der Waals surface area contributed by atoms with Crippen LogP contribution in [0, 0.1) is 0 Å². The number of likely N-dealkylation sites (tertiary alicyclic amines) is 1. The fourth-order valence-electron chi connectivity index (χ4n) is 3.14. The van der Waals surface area contributed by atoms with Crippen molar-refractivity contribution < 1.29 is 9.59 Å². The Morgan fingerprint density at radius 2 is 1.63 bits per heavy atom. The van der Waals surface area contributed by atoms with Gasteiger partial charge in [-0.3, -0.25) is 9.59 Å². The highest BCUT2D eigenvalue weighted by Gasteiger charge is 2.21. The Morgan fingerprint density at radius 3 is 2.30 bits per heavy atom. The van der Waals surface area contributed by atoms with Crippen molar-refractivity contribution in [3.05, 3.63) is 75.9 Å². The van der Waals surface area contributed by atoms with Crippen molar-refractivity contribution in [3.63, 3.8) is 0 Å². The Kier molecular flexibility index (Phi) is 6.82. The molecule has 27 heavy (non-hydrogen) atoms. The van der Waals surface area contributed by atoms with E-state index in [1.54, 1.807) is 18.2 Å². The highest BCUT2D eigenvalue weighted by molar-refractivity contribution is 9.10. The summed E-state index contributed by atoms with van der Waals surface area (Å²) in [6.45, 7) is 1.46. The van der Waals surface area contributed by atoms with Gasteiger partial charge in [0.2, 0.25) is 0 Å². The lowest BCUT2D eigenvalue weighted by Gasteiger charge is -2.22. The molecule has 0 aromatic heterocycles. The molecule has 5 heteroatoms. The standard InChI is InChI=1S/C22H23BrN2O2/c23-19-12-8-9-17(15-19)16-20(22(27)25-13-6-1-2-7-14-25)24-21(26)18-10-4-3-5-11-18/h3-5,8-12,15-16H,1-2,6-7,13-14H2,(H,24,26)/b20-16+. The number of benzene rings is 2. The number of halogens is 1. The van der Waals surface area contributed by atoms with Gasteiger partial charge in [0.25, 0.3) is 11.8 Å². The monoisotopic (exact) mass is 426 g/mol. The molecule has 2 amide bonds. The number of nitrogens with one attached hydrogen (secondary N) is 1. The van der Waals surface area contributed by atoms with Gasteiger partial charge in [0.1, 0.15) is 5.70 Å². The summed E-state index contributed by atoms with van der Waals surface area (Å²) in [7, 11) is 0. The summed E-state index contributed by atoms with van der Waals surface area (Å²) in [6, 6.07) is 16.6. The summed E-state index contributed by atoms with van der Waals surface area (Å²) >= 11 is 3.45. The summed E-state index contributed by atoms with van der Waals surface area (Å²) in [5.74, 6) is -0.402. The number of carbonyl (C=O) groups excluding carboxylic acids is 2. The summed E-state index contributed by atoms with van der Waals surface area (Å²) in [4.78, 5) is 27.6. The second kappa shape index (κ2) is 9.51. The van der Waals surface area contributed by atoms with Crippen molar-refractivity contribution in [2.24, 2.45) is 0 Å². The molecule has 1 aliphatic heterocycles. The van der Waals surface area contributed by atoms with Crippen LogP contribution in [0.3, 0.4) is 0 Å². The van der Waals surface area contributed by atoms with Crippen LogP contribution in [-0.4, -0.2) is 29.8 Å². The summed E-state index contributed by atoms with van der Waals surface area (Å²) < 4.78 is 0.923. The Morgan fingerprint density at radius 1 is 0.926 bits per heavy atom. The third-order valence-corrected chi connectivity index (χ3v) is 5.06. The topological polar surface area (TPSA) is 49.4 Å². The van der Waals surface area contributed by atoms with Gasteiger partial charge < -0.3 is 10.2 Å². The molecule has 0 atom stereocenters. The molecule has 1 saturated heterocycles. The SMILES string of the molecule is O=C(N/C(=C/c1cccc(Br)c1)C(=O)N1CCCCCC1)c1ccccc1. The maximum atomic E-state index is 13.1. The van der Waals surface area contributed by atoms with Gasteiger partial charge in [0, 0.05) is 23.1 Å². The van der Waals surface area contributed by atoms with E-state index in [4.69, 9.17) is 0 Å². The predicted octanol–water partition coefficient (Wildman–Crippen LogP) is 4.62. The van der Waals surface area contributed by atoms with E-state index >= 15 is 0 Å². The number of rotatable bonds is 4. The predicted molar refractivity (Wildman–Crippen MR) is 111 cm³/mol. The average molecular weight is 427 g/mol. The van der Waals surface area contributed by atoms with Gasteiger partial charge in [-0.1, -0.05) is 59.1 Å². The number of nitrogens with zero attached hydrogens (tertiary/aromatic N) is 1. The van der Waals surface area contributed by atoms with Gasteiger partial charge in [-0.15, -0.1) is 0 Å². The Hall–Kier alpha value is -2.40. The molecule has 0 bridgehead atoms. The Bertz CT molecular complexity index is 825. The van der Waals surface area contributed by atoms with Gasteiger partial charge in [-0.2, -0.15) is 0 Å². The van der Waals surface area contributed by atoms with Crippen LogP contribution in [0.5, 0.6) is 0 Å². The van der Waals surface area contributed by atoms with Crippen LogP contribution in [0.1, 0.15) is 41.6 Å². The minimum absolute atomic E-state index is 0.124. The molecule has 2 aromatic carbocycles. The van der Waals surface area contributed by atoms with Crippen LogP contribution in [0.25, 0.3) is 6.08 Å². The number of hydrogen-bond acceptors (Lipinski definition) is 2. The number of amides is 2. The average Bonchev–Trinajstić information content (AvgIpc) is 2.97. The van der Waals surface area contributed by atoms with Crippen molar-refractivity contribution in [1.82, 2.24) is 10.2 Å². The zero-order chi connectivity index (χ0) is 19.1. The highest BCUT2D eigenvalue weighted by atomic mass is 79.9. The maximum Gasteiger partial charge on any atom is 0.270 e. The number of carbonyl (C=O) groups is 2. The van der Waals surface area contributed by atoms with Crippen molar-refractivity contribution in [2.75, 3.05) is 13.1 Å². The normalized spacial score (nSPS) is 15.1. The second-order valence-electron chi connectivity index (χ2n) is 6.64. The van der Waals surface area contributed by atoms with Gasteiger partial charge >= 0.3 is 0 Å². The van der Waals surface area contributed by atoms with Crippen molar-refractivity contribution in [2.45, 2.75) is 25.7 Å². The first-order chi connectivity index (χ1) is 13.1. The first-order valence-electron chi connectivity index (χ1n) is 9.26. The summed E-state index contributed by atoms with van der Waals surface area (Å²) in [5, 5.41) is 2.83. The lowest BCUT2D eigenvalue weighted by atomic mass is 10.1. The largest absolute Gasteiger partial charge is 0.337 e. The van der Waals surface area contributed by atoms with Gasteiger partial charge in [-0.05, 0) is 48.7 Å². The van der Waals surface area contributed by atoms with E-state index in [0.29, 0.717) is 11.3 Å². The van der Waals surface area contributed by atoms with E-state index in [1.165, 1.54) is 0 Å². The highest BCUT2D eigenvalue weighted by Crippen LogP contribution is 2.17. The van der Waals surface area contributed by atoms with E-state index in [2.05, 4.69) is 21.2 Å². The van der Waals surface area contributed by atoms with Crippen LogP contribution in [0.15, 0.2) is 64.8 Å². The van der Waals surface area contributed by atoms with E-state index in [1.807, 2.05) is 47.4 Å². The Labute approximate surface area is 168 Å². The third kappa shape index (κ3) is 5.54. The van der Waals surface area contributed by atoms with Crippen LogP contribution < -0.4 is 5.32 Å². The molecular formula is C22H23BrN2O2. The number of hydrogen-bond donors (Lipinski definition) is 1. The van der Waals surface area contributed by atoms with E-state index in [-0.39, 0.29) is 11.8 Å². The molecule has 0 spiro atoms. The maximum absolute atomic E-state index is 13.1. The molecule has 0 aliphatic carbocycles. The van der Waals surface area contributed by atoms with Crippen LogP contribution in [-0.2, 0) is 4.79 Å². The summed E-state index contributed by atoms with van der Waals surface area (Å²) in [5.41, 5.74) is 1.70. The molecule has 0 unspecified atom stereocenters. The summed E-state index contributed by atoms with van der Waals surface area (Å²) in [6.07, 6.45) is 6.04. The van der Waals surface area contributed by atoms with Crippen molar-refractivity contribution in [3.8, 4) is 0 Å². The zero-order valence-electron chi connectivity index (χ0n) is 15.2. The molecule has 140 valence electrons. The molecule has 4 nitrogen and oxygen atoms in total. The lowest BCUT2D eigenvalue weighted by molar-refractivity contribution is -0.127. The Balaban J connectivity index is 1.88. The van der Waals surface area contributed by atoms with E-state index < -0.39 is 0 Å². The van der Waals surface area contributed by atoms with E-state index in [9.17, 15) is 9.59 Å². The smallest absolute Gasteiger partial charge is 0.270 e. The van der Waals surface area contributed by atoms with Gasteiger partial charge in [0.15, 0.2) is 0 Å². The first kappa shape index (κ1) is 19.4. The quantitative estimate of drug-likeness (QED) is 0.724. The van der Waals surface area contributed by atoms with Crippen LogP contribution in [0.4, 0.5) is 0 Å². The zero-order valence-corrected chi connectivity index (χ0v) is 16.7. The molecule has 0 radical (unpaired) electrons. The molecular weight excluding hydrogens is 404 g/mol. The van der Waals surface area contributed by atoms with Gasteiger partial charge in [0.05, 0.1) is 0 Å². The van der Waals surface area contributed by atoms with Crippen molar-refractivity contribution in [1.29, 1.82) is 0 Å². The molecule has 1 N–H and O–H groups in total. The fraction of sp³-hybridized carbons (Fsp3) is 0.273. The fourth-order valence-corrected chi connectivity index (χ4v) is 3.56. The van der Waals surface area contributed by atoms with Crippen LogP contribution in [0.2, 0.25) is 0 Å². The van der Waals surface area contributed by atoms with Crippen molar-refractivity contribution >= 4 is 33.8 Å². The van der Waals surface area contributed by atoms with Crippen LogP contribution >= 0.6 is 15.9 Å². The minimum atomic E-state index is -0.278.